The normalized spacial score (nSPS) is 28.1. The van der Waals surface area contributed by atoms with E-state index < -0.39 is 0 Å². The van der Waals surface area contributed by atoms with Crippen molar-refractivity contribution in [2.75, 3.05) is 19.6 Å². The van der Waals surface area contributed by atoms with Crippen LogP contribution in [0.5, 0.6) is 0 Å². The molecule has 2 aliphatic rings. The topological polar surface area (TPSA) is 32.3 Å². The van der Waals surface area contributed by atoms with Crippen LogP contribution < -0.4 is 5.32 Å². The Balaban J connectivity index is 1.69. The van der Waals surface area contributed by atoms with Gasteiger partial charge >= 0.3 is 0 Å². The molecule has 1 amide bonds. The van der Waals surface area contributed by atoms with Crippen molar-refractivity contribution in [2.24, 2.45) is 5.92 Å². The standard InChI is InChI=1S/C17H32N2O/c1-2-6-15-7-5-13-19(14-11-15)17(20)10-9-16-8-3-4-12-18-16/h15-16,18H,2-14H2,1H3. The van der Waals surface area contributed by atoms with E-state index >= 15 is 0 Å². The molecular formula is C17H32N2O. The summed E-state index contributed by atoms with van der Waals surface area (Å²) in [7, 11) is 0. The van der Waals surface area contributed by atoms with Crippen molar-refractivity contribution in [3.05, 3.63) is 0 Å². The minimum atomic E-state index is 0.398. The molecule has 0 bridgehead atoms. The van der Waals surface area contributed by atoms with Gasteiger partial charge < -0.3 is 10.2 Å². The summed E-state index contributed by atoms with van der Waals surface area (Å²) in [5.74, 6) is 1.26. The first kappa shape index (κ1) is 15.8. The van der Waals surface area contributed by atoms with Crippen molar-refractivity contribution >= 4 is 5.91 Å². The highest BCUT2D eigenvalue weighted by Gasteiger charge is 2.21. The van der Waals surface area contributed by atoms with Crippen molar-refractivity contribution in [3.63, 3.8) is 0 Å². The molecule has 2 rings (SSSR count). The fourth-order valence-corrected chi connectivity index (χ4v) is 3.74. The second-order valence-corrected chi connectivity index (χ2v) is 6.65. The van der Waals surface area contributed by atoms with Gasteiger partial charge in [0.05, 0.1) is 0 Å². The summed E-state index contributed by atoms with van der Waals surface area (Å²) >= 11 is 0. The van der Waals surface area contributed by atoms with Gasteiger partial charge in [0.15, 0.2) is 0 Å². The molecular weight excluding hydrogens is 248 g/mol. The number of likely N-dealkylation sites (tertiary alicyclic amines) is 1. The maximum atomic E-state index is 12.4. The number of piperidine rings is 1. The zero-order chi connectivity index (χ0) is 14.2. The van der Waals surface area contributed by atoms with Crippen molar-refractivity contribution in [3.8, 4) is 0 Å². The third-order valence-electron chi connectivity index (χ3n) is 5.02. The van der Waals surface area contributed by atoms with E-state index in [9.17, 15) is 4.79 Å². The van der Waals surface area contributed by atoms with Crippen molar-refractivity contribution in [1.29, 1.82) is 0 Å². The lowest BCUT2D eigenvalue weighted by Crippen LogP contribution is -2.37. The fourth-order valence-electron chi connectivity index (χ4n) is 3.74. The third kappa shape index (κ3) is 5.08. The van der Waals surface area contributed by atoms with Crippen LogP contribution in [0.4, 0.5) is 0 Å². The Morgan fingerprint density at radius 3 is 2.75 bits per heavy atom. The number of hydrogen-bond acceptors (Lipinski definition) is 2. The molecule has 20 heavy (non-hydrogen) atoms. The van der Waals surface area contributed by atoms with Gasteiger partial charge in [0.25, 0.3) is 0 Å². The van der Waals surface area contributed by atoms with Crippen LogP contribution in [0, 0.1) is 5.92 Å². The second kappa shape index (κ2) is 8.66. The van der Waals surface area contributed by atoms with Crippen molar-refractivity contribution in [1.82, 2.24) is 10.2 Å². The molecule has 3 heteroatoms. The van der Waals surface area contributed by atoms with Crippen LogP contribution in [-0.2, 0) is 4.79 Å². The lowest BCUT2D eigenvalue weighted by molar-refractivity contribution is -0.131. The van der Waals surface area contributed by atoms with Gasteiger partial charge in [0, 0.05) is 25.6 Å². The SMILES string of the molecule is CCCC1CCCN(C(=O)CCC2CCCCN2)CC1. The zero-order valence-electron chi connectivity index (χ0n) is 13.2. The molecule has 0 aliphatic carbocycles. The van der Waals surface area contributed by atoms with E-state index in [2.05, 4.69) is 17.1 Å². The van der Waals surface area contributed by atoms with Crippen LogP contribution in [0.15, 0.2) is 0 Å². The number of carbonyl (C=O) groups is 1. The molecule has 1 N–H and O–H groups in total. The summed E-state index contributed by atoms with van der Waals surface area (Å²) in [4.78, 5) is 14.5. The van der Waals surface area contributed by atoms with E-state index in [1.807, 2.05) is 0 Å². The quantitative estimate of drug-likeness (QED) is 0.837. The number of nitrogens with one attached hydrogen (secondary N) is 1. The van der Waals surface area contributed by atoms with Crippen LogP contribution in [-0.4, -0.2) is 36.5 Å². The van der Waals surface area contributed by atoms with Gasteiger partial charge in [-0.15, -0.1) is 0 Å². The Kier molecular flexibility index (Phi) is 6.85. The van der Waals surface area contributed by atoms with Gasteiger partial charge in [-0.05, 0) is 51.0 Å². The summed E-state index contributed by atoms with van der Waals surface area (Å²) < 4.78 is 0. The number of nitrogens with zero attached hydrogens (tertiary/aromatic N) is 1. The van der Waals surface area contributed by atoms with Gasteiger partial charge in [0.1, 0.15) is 0 Å². The average Bonchev–Trinajstić information content (AvgIpc) is 2.72. The van der Waals surface area contributed by atoms with Crippen LogP contribution >= 0.6 is 0 Å². The van der Waals surface area contributed by atoms with Gasteiger partial charge in [-0.1, -0.05) is 26.2 Å². The largest absolute Gasteiger partial charge is 0.343 e. The molecule has 2 fully saturated rings. The van der Waals surface area contributed by atoms with Crippen LogP contribution in [0.3, 0.4) is 0 Å². The summed E-state index contributed by atoms with van der Waals surface area (Å²) in [6, 6.07) is 0.590. The molecule has 3 nitrogen and oxygen atoms in total. The van der Waals surface area contributed by atoms with Crippen LogP contribution in [0.2, 0.25) is 0 Å². The fraction of sp³-hybridized carbons (Fsp3) is 0.941. The van der Waals surface area contributed by atoms with Crippen LogP contribution in [0.1, 0.15) is 71.1 Å². The Bertz CT molecular complexity index is 287. The molecule has 0 aromatic carbocycles. The Morgan fingerprint density at radius 2 is 2.00 bits per heavy atom. The Hall–Kier alpha value is -0.570. The van der Waals surface area contributed by atoms with Gasteiger partial charge in [-0.25, -0.2) is 0 Å². The molecule has 2 atom stereocenters. The van der Waals surface area contributed by atoms with E-state index in [-0.39, 0.29) is 0 Å². The van der Waals surface area contributed by atoms with Crippen molar-refractivity contribution in [2.45, 2.75) is 77.2 Å². The highest BCUT2D eigenvalue weighted by molar-refractivity contribution is 5.76. The molecule has 0 aromatic heterocycles. The molecule has 2 unspecified atom stereocenters. The molecule has 2 saturated heterocycles. The third-order valence-corrected chi connectivity index (χ3v) is 5.02. The number of carbonyl (C=O) groups excluding carboxylic acids is 1. The molecule has 0 spiro atoms. The zero-order valence-corrected chi connectivity index (χ0v) is 13.2. The van der Waals surface area contributed by atoms with E-state index in [4.69, 9.17) is 0 Å². The second-order valence-electron chi connectivity index (χ2n) is 6.65. The maximum absolute atomic E-state index is 12.4. The predicted molar refractivity (Wildman–Crippen MR) is 83.7 cm³/mol. The van der Waals surface area contributed by atoms with E-state index in [0.717, 1.165) is 38.4 Å². The first-order valence-corrected chi connectivity index (χ1v) is 8.80. The van der Waals surface area contributed by atoms with Crippen LogP contribution in [0.25, 0.3) is 0 Å². The minimum Gasteiger partial charge on any atom is -0.343 e. The number of hydrogen-bond donors (Lipinski definition) is 1. The lowest BCUT2D eigenvalue weighted by Gasteiger charge is -2.25. The Labute approximate surface area is 124 Å². The monoisotopic (exact) mass is 280 g/mol. The Morgan fingerprint density at radius 1 is 1.10 bits per heavy atom. The molecule has 0 aromatic rings. The molecule has 116 valence electrons. The van der Waals surface area contributed by atoms with Crippen molar-refractivity contribution < 1.29 is 4.79 Å². The molecule has 0 saturated carbocycles. The summed E-state index contributed by atoms with van der Waals surface area (Å²) in [6.45, 7) is 5.41. The van der Waals surface area contributed by atoms with E-state index in [1.54, 1.807) is 0 Å². The summed E-state index contributed by atoms with van der Waals surface area (Å²) in [5.41, 5.74) is 0. The highest BCUT2D eigenvalue weighted by atomic mass is 16.2. The van der Waals surface area contributed by atoms with Gasteiger partial charge in [0.2, 0.25) is 5.91 Å². The summed E-state index contributed by atoms with van der Waals surface area (Å²) in [6.07, 6.45) is 12.0. The first-order valence-electron chi connectivity index (χ1n) is 8.80. The number of amides is 1. The predicted octanol–water partition coefficient (Wildman–Crippen LogP) is 3.34. The summed E-state index contributed by atoms with van der Waals surface area (Å²) in [5, 5.41) is 3.54. The highest BCUT2D eigenvalue weighted by Crippen LogP contribution is 2.22. The smallest absolute Gasteiger partial charge is 0.222 e. The van der Waals surface area contributed by atoms with E-state index in [1.165, 1.54) is 51.4 Å². The minimum absolute atomic E-state index is 0.398. The number of rotatable bonds is 5. The van der Waals surface area contributed by atoms with Gasteiger partial charge in [-0.3, -0.25) is 4.79 Å². The molecule has 2 aliphatic heterocycles. The first-order chi connectivity index (χ1) is 9.79. The maximum Gasteiger partial charge on any atom is 0.222 e. The molecule has 0 radical (unpaired) electrons. The average molecular weight is 280 g/mol. The molecule has 2 heterocycles. The lowest BCUT2D eigenvalue weighted by atomic mass is 9.96. The van der Waals surface area contributed by atoms with Gasteiger partial charge in [-0.2, -0.15) is 0 Å². The van der Waals surface area contributed by atoms with E-state index in [0.29, 0.717) is 11.9 Å².